The highest BCUT2D eigenvalue weighted by Gasteiger charge is 2.16. The summed E-state index contributed by atoms with van der Waals surface area (Å²) < 4.78 is 7.30. The van der Waals surface area contributed by atoms with Gasteiger partial charge in [0.15, 0.2) is 11.0 Å². The van der Waals surface area contributed by atoms with Gasteiger partial charge in [-0.2, -0.15) is 4.98 Å². The lowest BCUT2D eigenvalue weighted by Crippen LogP contribution is -2.15. The molecule has 0 aromatic carbocycles. The second-order valence-corrected chi connectivity index (χ2v) is 9.05. The van der Waals surface area contributed by atoms with Crippen LogP contribution in [0.5, 0.6) is 0 Å². The van der Waals surface area contributed by atoms with E-state index in [4.69, 9.17) is 10.3 Å². The smallest absolute Gasteiger partial charge is 0.227 e. The van der Waals surface area contributed by atoms with E-state index >= 15 is 0 Å². The fourth-order valence-corrected chi connectivity index (χ4v) is 4.93. The van der Waals surface area contributed by atoms with E-state index in [0.717, 1.165) is 32.9 Å². The van der Waals surface area contributed by atoms with Gasteiger partial charge in [-0.05, 0) is 29.3 Å². The normalized spacial score (nSPS) is 11.2. The van der Waals surface area contributed by atoms with E-state index in [-0.39, 0.29) is 12.3 Å². The van der Waals surface area contributed by atoms with Crippen molar-refractivity contribution >= 4 is 40.3 Å². The lowest BCUT2D eigenvalue weighted by atomic mass is 10.3. The molecule has 4 aromatic rings. The van der Waals surface area contributed by atoms with Crippen LogP contribution in [0.3, 0.4) is 0 Å². The Balaban J connectivity index is 1.36. The fourth-order valence-electron chi connectivity index (χ4n) is 2.66. The molecule has 0 unspecified atom stereocenters. The van der Waals surface area contributed by atoms with Crippen LogP contribution in [0.15, 0.2) is 44.7 Å². The first-order valence-corrected chi connectivity index (χ1v) is 11.7. The van der Waals surface area contributed by atoms with Gasteiger partial charge in [-0.1, -0.05) is 29.1 Å². The van der Waals surface area contributed by atoms with Crippen molar-refractivity contribution in [3.8, 4) is 21.4 Å². The van der Waals surface area contributed by atoms with Crippen LogP contribution in [-0.2, 0) is 17.8 Å². The van der Waals surface area contributed by atoms with Crippen LogP contribution < -0.4 is 5.73 Å². The summed E-state index contributed by atoms with van der Waals surface area (Å²) in [6.45, 7) is 0.464. The Bertz CT molecular complexity index is 1060. The molecule has 0 atom stereocenters. The molecule has 29 heavy (non-hydrogen) atoms. The van der Waals surface area contributed by atoms with Crippen LogP contribution in [0.1, 0.15) is 18.7 Å². The number of primary amides is 1. The Labute approximate surface area is 179 Å². The Kier molecular flexibility index (Phi) is 6.37. The number of carbonyl (C=O) groups excluding carboxylic acids is 1. The van der Waals surface area contributed by atoms with Gasteiger partial charge in [0.05, 0.1) is 9.75 Å². The summed E-state index contributed by atoms with van der Waals surface area (Å²) in [5.74, 6) is 2.50. The summed E-state index contributed by atoms with van der Waals surface area (Å²) >= 11 is 4.77. The Morgan fingerprint density at radius 3 is 2.69 bits per heavy atom. The molecule has 0 bridgehead atoms. The van der Waals surface area contributed by atoms with E-state index in [9.17, 15) is 4.79 Å². The van der Waals surface area contributed by atoms with Gasteiger partial charge in [0, 0.05) is 25.1 Å². The predicted molar refractivity (Wildman–Crippen MR) is 114 cm³/mol. The van der Waals surface area contributed by atoms with Crippen LogP contribution in [-0.4, -0.2) is 36.6 Å². The maximum absolute atomic E-state index is 11.2. The summed E-state index contributed by atoms with van der Waals surface area (Å²) in [6, 6.07) is 7.89. The average Bonchev–Trinajstić information content (AvgIpc) is 3.50. The van der Waals surface area contributed by atoms with Crippen molar-refractivity contribution in [3.63, 3.8) is 0 Å². The maximum Gasteiger partial charge on any atom is 0.227 e. The number of aryl methyl sites for hydroxylation is 1. The summed E-state index contributed by atoms with van der Waals surface area (Å²) in [7, 11) is 0. The zero-order valence-corrected chi connectivity index (χ0v) is 17.8. The lowest BCUT2D eigenvalue weighted by Gasteiger charge is -2.07. The minimum absolute atomic E-state index is 0.247. The molecule has 150 valence electrons. The molecule has 0 aliphatic carbocycles. The van der Waals surface area contributed by atoms with Gasteiger partial charge < -0.3 is 14.8 Å². The monoisotopic (exact) mass is 446 g/mol. The van der Waals surface area contributed by atoms with Crippen molar-refractivity contribution in [3.05, 3.63) is 40.9 Å². The maximum atomic E-state index is 11.2. The fraction of sp³-hybridized carbons (Fsp3) is 0.278. The van der Waals surface area contributed by atoms with E-state index in [1.54, 1.807) is 34.4 Å². The van der Waals surface area contributed by atoms with Crippen LogP contribution in [0.4, 0.5) is 0 Å². The summed E-state index contributed by atoms with van der Waals surface area (Å²) in [4.78, 5) is 17.7. The molecule has 0 saturated heterocycles. The number of nitrogens with two attached hydrogens (primary N) is 1. The average molecular weight is 447 g/mol. The van der Waals surface area contributed by atoms with Crippen molar-refractivity contribution < 1.29 is 9.32 Å². The van der Waals surface area contributed by atoms with E-state index in [2.05, 4.69) is 20.3 Å². The molecule has 0 aliphatic heterocycles. The zero-order valence-electron chi connectivity index (χ0n) is 15.4. The first kappa shape index (κ1) is 19.8. The first-order chi connectivity index (χ1) is 14.2. The molecular formula is C18H18N6O2S3. The predicted octanol–water partition coefficient (Wildman–Crippen LogP) is 3.72. The third kappa shape index (κ3) is 4.92. The van der Waals surface area contributed by atoms with Crippen molar-refractivity contribution in [1.82, 2.24) is 24.9 Å². The Morgan fingerprint density at radius 1 is 1.17 bits per heavy atom. The highest BCUT2D eigenvalue weighted by atomic mass is 32.2. The number of thioether (sulfide) groups is 1. The van der Waals surface area contributed by atoms with E-state index in [0.29, 0.717) is 24.7 Å². The van der Waals surface area contributed by atoms with Gasteiger partial charge in [0.2, 0.25) is 17.6 Å². The highest BCUT2D eigenvalue weighted by Crippen LogP contribution is 2.28. The van der Waals surface area contributed by atoms with Gasteiger partial charge in [0.1, 0.15) is 0 Å². The minimum atomic E-state index is -0.343. The quantitative estimate of drug-likeness (QED) is 0.292. The number of nitrogens with zero attached hydrogens (tertiary/aromatic N) is 5. The van der Waals surface area contributed by atoms with Crippen LogP contribution in [0, 0.1) is 0 Å². The Morgan fingerprint density at radius 2 is 1.97 bits per heavy atom. The van der Waals surface area contributed by atoms with E-state index in [1.165, 1.54) is 0 Å². The minimum Gasteiger partial charge on any atom is -0.370 e. The van der Waals surface area contributed by atoms with Crippen molar-refractivity contribution in [2.75, 3.05) is 5.75 Å². The summed E-state index contributed by atoms with van der Waals surface area (Å²) in [5, 5.41) is 17.4. The summed E-state index contributed by atoms with van der Waals surface area (Å²) in [6.07, 6.45) is 1.80. The van der Waals surface area contributed by atoms with E-state index < -0.39 is 0 Å². The molecule has 4 aromatic heterocycles. The van der Waals surface area contributed by atoms with Crippen LogP contribution >= 0.6 is 34.4 Å². The van der Waals surface area contributed by atoms with Crippen LogP contribution in [0.2, 0.25) is 0 Å². The Hall–Kier alpha value is -2.50. The van der Waals surface area contributed by atoms with Crippen LogP contribution in [0.25, 0.3) is 21.4 Å². The standard InChI is InChI=1S/C18H18N6O2S3/c19-14(25)7-8-24-17(13-5-2-10-28-13)21-22-18(24)29-11-3-6-15-20-16(23-26-15)12-4-1-9-27-12/h1-2,4-5,9-10H,3,6-8,11H2,(H2,19,25). The first-order valence-electron chi connectivity index (χ1n) is 8.95. The topological polar surface area (TPSA) is 113 Å². The molecule has 0 radical (unpaired) electrons. The molecule has 0 spiro atoms. The molecule has 2 N–H and O–H groups in total. The number of amides is 1. The summed E-state index contributed by atoms with van der Waals surface area (Å²) in [5.41, 5.74) is 5.33. The lowest BCUT2D eigenvalue weighted by molar-refractivity contribution is -0.118. The van der Waals surface area contributed by atoms with Gasteiger partial charge in [0.25, 0.3) is 0 Å². The van der Waals surface area contributed by atoms with Gasteiger partial charge in [-0.15, -0.1) is 32.9 Å². The molecule has 4 heterocycles. The number of rotatable bonds is 10. The largest absolute Gasteiger partial charge is 0.370 e. The zero-order chi connectivity index (χ0) is 20.1. The number of carbonyl (C=O) groups is 1. The molecule has 4 rings (SSSR count). The highest BCUT2D eigenvalue weighted by molar-refractivity contribution is 7.99. The van der Waals surface area contributed by atoms with Crippen molar-refractivity contribution in [2.24, 2.45) is 5.73 Å². The second kappa shape index (κ2) is 9.33. The second-order valence-electron chi connectivity index (χ2n) is 6.09. The van der Waals surface area contributed by atoms with E-state index in [1.807, 2.05) is 39.6 Å². The molecule has 0 aliphatic rings. The van der Waals surface area contributed by atoms with Gasteiger partial charge in [-0.3, -0.25) is 4.79 Å². The number of aromatic nitrogens is 5. The number of hydrogen-bond donors (Lipinski definition) is 1. The molecule has 0 fully saturated rings. The molecule has 8 nitrogen and oxygen atoms in total. The third-order valence-electron chi connectivity index (χ3n) is 4.02. The van der Waals surface area contributed by atoms with Gasteiger partial charge >= 0.3 is 0 Å². The molecule has 0 saturated carbocycles. The molecular weight excluding hydrogens is 428 g/mol. The van der Waals surface area contributed by atoms with Crippen molar-refractivity contribution in [1.29, 1.82) is 0 Å². The number of thiophene rings is 2. The van der Waals surface area contributed by atoms with Crippen molar-refractivity contribution in [2.45, 2.75) is 31.0 Å². The third-order valence-corrected chi connectivity index (χ3v) is 6.80. The molecule has 1 amide bonds. The van der Waals surface area contributed by atoms with Gasteiger partial charge in [-0.25, -0.2) is 0 Å². The number of hydrogen-bond acceptors (Lipinski definition) is 9. The SMILES string of the molecule is NC(=O)CCn1c(SCCCc2nc(-c3cccs3)no2)nnc1-c1cccs1. The molecule has 11 heteroatoms.